The summed E-state index contributed by atoms with van der Waals surface area (Å²) in [5.74, 6) is 0. The Balaban J connectivity index is 2.51. The first-order valence-corrected chi connectivity index (χ1v) is 4.37. The number of methoxy groups -OCH3 is 1. The summed E-state index contributed by atoms with van der Waals surface area (Å²) >= 11 is 0. The molecule has 5 heteroatoms. The molecule has 0 saturated carbocycles. The van der Waals surface area contributed by atoms with Gasteiger partial charge in [0.25, 0.3) is 0 Å². The average molecular weight is 184 g/mol. The van der Waals surface area contributed by atoms with Crippen LogP contribution in [0.25, 0.3) is 0 Å². The number of nitrogens with two attached hydrogens (primary N) is 1. The molecule has 1 aromatic rings. The molecular formula is C8H16N4O. The van der Waals surface area contributed by atoms with Crippen LogP contribution in [0.3, 0.4) is 0 Å². The van der Waals surface area contributed by atoms with Crippen molar-refractivity contribution in [2.75, 3.05) is 13.7 Å². The molecule has 0 bridgehead atoms. The molecule has 74 valence electrons. The maximum Gasteiger partial charge on any atom is 0.0991 e. The van der Waals surface area contributed by atoms with Crippen LogP contribution in [-0.4, -0.2) is 28.7 Å². The smallest absolute Gasteiger partial charge is 0.0991 e. The van der Waals surface area contributed by atoms with Gasteiger partial charge in [-0.2, -0.15) is 0 Å². The van der Waals surface area contributed by atoms with Gasteiger partial charge in [0.05, 0.1) is 11.4 Å². The zero-order chi connectivity index (χ0) is 9.68. The van der Waals surface area contributed by atoms with Gasteiger partial charge in [0.1, 0.15) is 0 Å². The van der Waals surface area contributed by atoms with E-state index in [4.69, 9.17) is 10.5 Å². The standard InChI is InChI=1S/C8H16N4O/c1-7-8(6-9)10-11-12(7)4-3-5-13-2/h3-6,9H2,1-2H3. The number of ether oxygens (including phenoxy) is 1. The summed E-state index contributed by atoms with van der Waals surface area (Å²) in [4.78, 5) is 0. The molecule has 0 radical (unpaired) electrons. The Morgan fingerprint density at radius 3 is 2.85 bits per heavy atom. The molecular weight excluding hydrogens is 168 g/mol. The molecule has 1 heterocycles. The molecule has 0 aliphatic rings. The van der Waals surface area contributed by atoms with Crippen molar-refractivity contribution < 1.29 is 4.74 Å². The van der Waals surface area contributed by atoms with E-state index in [-0.39, 0.29) is 0 Å². The molecule has 0 saturated heterocycles. The lowest BCUT2D eigenvalue weighted by Crippen LogP contribution is -2.06. The zero-order valence-corrected chi connectivity index (χ0v) is 8.16. The molecule has 0 aromatic carbocycles. The number of hydrogen-bond donors (Lipinski definition) is 1. The lowest BCUT2D eigenvalue weighted by atomic mass is 10.3. The zero-order valence-electron chi connectivity index (χ0n) is 8.16. The van der Waals surface area contributed by atoms with E-state index in [1.165, 1.54) is 0 Å². The van der Waals surface area contributed by atoms with Gasteiger partial charge in [-0.15, -0.1) is 5.10 Å². The SMILES string of the molecule is COCCCn1nnc(CN)c1C. The number of nitrogens with zero attached hydrogens (tertiary/aromatic N) is 3. The number of rotatable bonds is 5. The highest BCUT2D eigenvalue weighted by Gasteiger charge is 2.05. The summed E-state index contributed by atoms with van der Waals surface area (Å²) in [5, 5.41) is 7.95. The summed E-state index contributed by atoms with van der Waals surface area (Å²) in [6, 6.07) is 0. The molecule has 1 aromatic heterocycles. The molecule has 0 aliphatic carbocycles. The van der Waals surface area contributed by atoms with E-state index in [9.17, 15) is 0 Å². The van der Waals surface area contributed by atoms with Crippen molar-refractivity contribution >= 4 is 0 Å². The summed E-state index contributed by atoms with van der Waals surface area (Å²) in [6.45, 7) is 4.02. The van der Waals surface area contributed by atoms with Gasteiger partial charge in [0.2, 0.25) is 0 Å². The maximum absolute atomic E-state index is 5.48. The first-order valence-electron chi connectivity index (χ1n) is 4.37. The van der Waals surface area contributed by atoms with Crippen molar-refractivity contribution in [2.24, 2.45) is 5.73 Å². The van der Waals surface area contributed by atoms with Crippen molar-refractivity contribution in [1.29, 1.82) is 0 Å². The predicted octanol–water partition coefficient (Wildman–Crippen LogP) is 0.0817. The lowest BCUT2D eigenvalue weighted by molar-refractivity contribution is 0.188. The van der Waals surface area contributed by atoms with Gasteiger partial charge in [-0.25, -0.2) is 4.68 Å². The first kappa shape index (κ1) is 10.1. The van der Waals surface area contributed by atoms with E-state index >= 15 is 0 Å². The Hall–Kier alpha value is -0.940. The number of aromatic nitrogens is 3. The minimum absolute atomic E-state index is 0.454. The molecule has 0 spiro atoms. The average Bonchev–Trinajstić information content (AvgIpc) is 2.48. The van der Waals surface area contributed by atoms with E-state index in [1.807, 2.05) is 11.6 Å². The Morgan fingerprint density at radius 2 is 2.31 bits per heavy atom. The molecule has 5 nitrogen and oxygen atoms in total. The monoisotopic (exact) mass is 184 g/mol. The fraction of sp³-hybridized carbons (Fsp3) is 0.750. The molecule has 0 aliphatic heterocycles. The Bertz CT molecular complexity index is 259. The molecule has 1 rings (SSSR count). The highest BCUT2D eigenvalue weighted by Crippen LogP contribution is 2.02. The van der Waals surface area contributed by atoms with Crippen LogP contribution in [0.1, 0.15) is 17.8 Å². The van der Waals surface area contributed by atoms with Crippen LogP contribution >= 0.6 is 0 Å². The quantitative estimate of drug-likeness (QED) is 0.658. The summed E-state index contributed by atoms with van der Waals surface area (Å²) in [5.41, 5.74) is 7.41. The summed E-state index contributed by atoms with van der Waals surface area (Å²) in [7, 11) is 1.69. The van der Waals surface area contributed by atoms with Crippen LogP contribution in [0.5, 0.6) is 0 Å². The number of hydrogen-bond acceptors (Lipinski definition) is 4. The van der Waals surface area contributed by atoms with Gasteiger partial charge < -0.3 is 10.5 Å². The Morgan fingerprint density at radius 1 is 1.54 bits per heavy atom. The molecule has 0 amide bonds. The van der Waals surface area contributed by atoms with Crippen LogP contribution in [0.4, 0.5) is 0 Å². The topological polar surface area (TPSA) is 66.0 Å². The normalized spacial score (nSPS) is 10.7. The minimum Gasteiger partial charge on any atom is -0.385 e. The summed E-state index contributed by atoms with van der Waals surface area (Å²) in [6.07, 6.45) is 0.949. The van der Waals surface area contributed by atoms with E-state index in [1.54, 1.807) is 7.11 Å². The second kappa shape index (κ2) is 4.94. The van der Waals surface area contributed by atoms with E-state index in [0.29, 0.717) is 6.54 Å². The maximum atomic E-state index is 5.48. The van der Waals surface area contributed by atoms with Crippen molar-refractivity contribution in [3.8, 4) is 0 Å². The third kappa shape index (κ3) is 2.50. The third-order valence-corrected chi connectivity index (χ3v) is 1.99. The summed E-state index contributed by atoms with van der Waals surface area (Å²) < 4.78 is 6.81. The van der Waals surface area contributed by atoms with Crippen molar-refractivity contribution in [2.45, 2.75) is 26.4 Å². The predicted molar refractivity (Wildman–Crippen MR) is 49.1 cm³/mol. The first-order chi connectivity index (χ1) is 6.29. The minimum atomic E-state index is 0.454. The Kier molecular flexibility index (Phi) is 3.85. The van der Waals surface area contributed by atoms with Crippen LogP contribution in [-0.2, 0) is 17.8 Å². The Labute approximate surface area is 77.9 Å². The van der Waals surface area contributed by atoms with E-state index in [0.717, 1.165) is 31.0 Å². The van der Waals surface area contributed by atoms with Crippen LogP contribution in [0.2, 0.25) is 0 Å². The highest BCUT2D eigenvalue weighted by molar-refractivity contribution is 5.06. The van der Waals surface area contributed by atoms with Gasteiger partial charge in [-0.1, -0.05) is 5.21 Å². The second-order valence-corrected chi connectivity index (χ2v) is 2.90. The molecule has 0 atom stereocenters. The molecule has 2 N–H and O–H groups in total. The molecule has 13 heavy (non-hydrogen) atoms. The fourth-order valence-electron chi connectivity index (χ4n) is 1.16. The largest absolute Gasteiger partial charge is 0.385 e. The van der Waals surface area contributed by atoms with Crippen LogP contribution in [0, 0.1) is 6.92 Å². The number of aryl methyl sites for hydroxylation is 1. The van der Waals surface area contributed by atoms with E-state index < -0.39 is 0 Å². The van der Waals surface area contributed by atoms with Gasteiger partial charge in [0, 0.05) is 26.8 Å². The molecule has 0 unspecified atom stereocenters. The third-order valence-electron chi connectivity index (χ3n) is 1.99. The van der Waals surface area contributed by atoms with Crippen LogP contribution < -0.4 is 5.73 Å². The van der Waals surface area contributed by atoms with Crippen molar-refractivity contribution in [3.05, 3.63) is 11.4 Å². The van der Waals surface area contributed by atoms with Gasteiger partial charge >= 0.3 is 0 Å². The highest BCUT2D eigenvalue weighted by atomic mass is 16.5. The van der Waals surface area contributed by atoms with E-state index in [2.05, 4.69) is 10.3 Å². The van der Waals surface area contributed by atoms with Crippen LogP contribution in [0.15, 0.2) is 0 Å². The van der Waals surface area contributed by atoms with Gasteiger partial charge in [-0.3, -0.25) is 0 Å². The molecule has 0 fully saturated rings. The van der Waals surface area contributed by atoms with Crippen molar-refractivity contribution in [3.63, 3.8) is 0 Å². The lowest BCUT2D eigenvalue weighted by Gasteiger charge is -2.02. The van der Waals surface area contributed by atoms with Gasteiger partial charge in [-0.05, 0) is 13.3 Å². The fourth-order valence-corrected chi connectivity index (χ4v) is 1.16. The van der Waals surface area contributed by atoms with Gasteiger partial charge in [0.15, 0.2) is 0 Å². The second-order valence-electron chi connectivity index (χ2n) is 2.90. The van der Waals surface area contributed by atoms with Crippen molar-refractivity contribution in [1.82, 2.24) is 15.0 Å².